The summed E-state index contributed by atoms with van der Waals surface area (Å²) in [5.74, 6) is 0.567. The molecule has 0 unspecified atom stereocenters. The van der Waals surface area contributed by atoms with Crippen LogP contribution in [0.4, 0.5) is 11.4 Å². The average Bonchev–Trinajstić information content (AvgIpc) is 3.04. The minimum Gasteiger partial charge on any atom is -0.497 e. The van der Waals surface area contributed by atoms with Gasteiger partial charge in [0.15, 0.2) is 6.04 Å². The average molecular weight is 415 g/mol. The van der Waals surface area contributed by atoms with Gasteiger partial charge in [-0.15, -0.1) is 0 Å². The van der Waals surface area contributed by atoms with Gasteiger partial charge in [0, 0.05) is 10.7 Å². The highest BCUT2D eigenvalue weighted by Gasteiger charge is 2.46. The van der Waals surface area contributed by atoms with Gasteiger partial charge in [-0.2, -0.15) is 0 Å². The molecule has 152 valence electrons. The van der Waals surface area contributed by atoms with Crippen molar-refractivity contribution in [1.29, 1.82) is 0 Å². The fourth-order valence-electron chi connectivity index (χ4n) is 4.14. The SMILES string of the molecule is COc1ccc(N2CC[NH+]([C@H]3CC(=O)N(c4ccc(C)c(Cl)c4)C3=O)CC2)cc1. The van der Waals surface area contributed by atoms with Crippen molar-refractivity contribution < 1.29 is 19.2 Å². The number of amides is 2. The Balaban J connectivity index is 1.42. The molecule has 4 rings (SSSR count). The number of piperazine rings is 1. The number of halogens is 1. The van der Waals surface area contributed by atoms with Crippen molar-refractivity contribution in [2.75, 3.05) is 43.1 Å². The van der Waals surface area contributed by atoms with E-state index in [-0.39, 0.29) is 24.3 Å². The highest BCUT2D eigenvalue weighted by Crippen LogP contribution is 2.27. The van der Waals surface area contributed by atoms with Crippen LogP contribution in [0.3, 0.4) is 0 Å². The standard InChI is InChI=1S/C22H24ClN3O3/c1-15-3-4-17(13-19(15)23)26-21(27)14-20(22(26)28)25-11-9-24(10-12-25)16-5-7-18(29-2)8-6-16/h3-8,13,20H,9-12,14H2,1-2H3/p+1/t20-/m0/s1. The van der Waals surface area contributed by atoms with Crippen molar-refractivity contribution in [3.05, 3.63) is 53.1 Å². The number of rotatable bonds is 4. The molecule has 1 N–H and O–H groups in total. The summed E-state index contributed by atoms with van der Waals surface area (Å²) in [6.07, 6.45) is 0.252. The largest absolute Gasteiger partial charge is 0.497 e. The van der Waals surface area contributed by atoms with Crippen LogP contribution in [-0.4, -0.2) is 51.1 Å². The summed E-state index contributed by atoms with van der Waals surface area (Å²) < 4.78 is 5.22. The number of anilines is 2. The normalized spacial score (nSPS) is 20.4. The molecule has 6 nitrogen and oxygen atoms in total. The number of nitrogens with zero attached hydrogens (tertiary/aromatic N) is 2. The third kappa shape index (κ3) is 3.82. The Morgan fingerprint density at radius 1 is 1.03 bits per heavy atom. The molecule has 2 aliphatic heterocycles. The Labute approximate surface area is 175 Å². The van der Waals surface area contributed by atoms with Crippen LogP contribution < -0.4 is 19.4 Å². The predicted molar refractivity (Wildman–Crippen MR) is 113 cm³/mol. The number of methoxy groups -OCH3 is 1. The van der Waals surface area contributed by atoms with Gasteiger partial charge in [0.05, 0.1) is 45.4 Å². The lowest BCUT2D eigenvalue weighted by molar-refractivity contribution is -0.915. The zero-order chi connectivity index (χ0) is 20.5. The summed E-state index contributed by atoms with van der Waals surface area (Å²) in [5, 5.41) is 0.562. The Morgan fingerprint density at radius 3 is 2.31 bits per heavy atom. The molecular formula is C22H25ClN3O3+. The van der Waals surface area contributed by atoms with Crippen LogP contribution in [0.1, 0.15) is 12.0 Å². The van der Waals surface area contributed by atoms with Gasteiger partial charge in [0.1, 0.15) is 5.75 Å². The Morgan fingerprint density at radius 2 is 1.69 bits per heavy atom. The van der Waals surface area contributed by atoms with Crippen molar-refractivity contribution >= 4 is 34.8 Å². The highest BCUT2D eigenvalue weighted by molar-refractivity contribution is 6.32. The Bertz CT molecular complexity index is 923. The highest BCUT2D eigenvalue weighted by atomic mass is 35.5. The second-order valence-electron chi connectivity index (χ2n) is 7.60. The molecule has 0 aliphatic carbocycles. The third-order valence-corrected chi connectivity index (χ3v) is 6.30. The molecule has 0 bridgehead atoms. The lowest BCUT2D eigenvalue weighted by Crippen LogP contribution is -3.19. The number of hydrogen-bond donors (Lipinski definition) is 1. The van der Waals surface area contributed by atoms with Crippen LogP contribution in [0.2, 0.25) is 5.02 Å². The van der Waals surface area contributed by atoms with E-state index in [1.54, 1.807) is 19.2 Å². The summed E-state index contributed by atoms with van der Waals surface area (Å²) in [7, 11) is 1.66. The second-order valence-corrected chi connectivity index (χ2v) is 8.01. The molecule has 2 aliphatic rings. The number of imide groups is 1. The third-order valence-electron chi connectivity index (χ3n) is 5.90. The van der Waals surface area contributed by atoms with E-state index in [1.165, 1.54) is 9.80 Å². The number of nitrogens with one attached hydrogen (secondary N) is 1. The smallest absolute Gasteiger partial charge is 0.292 e. The van der Waals surface area contributed by atoms with E-state index < -0.39 is 0 Å². The molecule has 1 atom stereocenters. The van der Waals surface area contributed by atoms with E-state index >= 15 is 0 Å². The number of aryl methyl sites for hydroxylation is 1. The van der Waals surface area contributed by atoms with E-state index in [1.807, 2.05) is 25.1 Å². The number of hydrogen-bond acceptors (Lipinski definition) is 4. The first-order valence-corrected chi connectivity index (χ1v) is 10.2. The van der Waals surface area contributed by atoms with Gasteiger partial charge in [0.2, 0.25) is 5.91 Å². The lowest BCUT2D eigenvalue weighted by atomic mass is 10.1. The molecule has 2 heterocycles. The molecule has 2 amide bonds. The minimum absolute atomic E-state index is 0.122. The van der Waals surface area contributed by atoms with Crippen LogP contribution in [0.15, 0.2) is 42.5 Å². The summed E-state index contributed by atoms with van der Waals surface area (Å²) in [6.45, 7) is 5.22. The van der Waals surface area contributed by atoms with Crippen molar-refractivity contribution in [3.63, 3.8) is 0 Å². The zero-order valence-electron chi connectivity index (χ0n) is 16.7. The maximum absolute atomic E-state index is 13.0. The topological polar surface area (TPSA) is 54.3 Å². The van der Waals surface area contributed by atoms with Gasteiger partial charge in [-0.3, -0.25) is 9.59 Å². The van der Waals surface area contributed by atoms with Gasteiger partial charge in [-0.05, 0) is 48.9 Å². The molecule has 0 spiro atoms. The molecule has 0 aromatic heterocycles. The fourth-order valence-corrected chi connectivity index (χ4v) is 4.31. The number of carbonyl (C=O) groups excluding carboxylic acids is 2. The zero-order valence-corrected chi connectivity index (χ0v) is 17.4. The summed E-state index contributed by atoms with van der Waals surface area (Å²) in [5.41, 5.74) is 2.63. The maximum Gasteiger partial charge on any atom is 0.292 e. The van der Waals surface area contributed by atoms with Crippen LogP contribution in [0, 0.1) is 6.92 Å². The van der Waals surface area contributed by atoms with Crippen LogP contribution >= 0.6 is 11.6 Å². The monoisotopic (exact) mass is 414 g/mol. The summed E-state index contributed by atoms with van der Waals surface area (Å²) >= 11 is 6.20. The molecule has 0 radical (unpaired) electrons. The van der Waals surface area contributed by atoms with Crippen molar-refractivity contribution in [1.82, 2.24) is 0 Å². The van der Waals surface area contributed by atoms with E-state index in [2.05, 4.69) is 17.0 Å². The van der Waals surface area contributed by atoms with Gasteiger partial charge in [-0.1, -0.05) is 17.7 Å². The van der Waals surface area contributed by atoms with E-state index in [0.29, 0.717) is 10.7 Å². The molecule has 2 aromatic rings. The van der Waals surface area contributed by atoms with Gasteiger partial charge < -0.3 is 14.5 Å². The Hall–Kier alpha value is -2.57. The van der Waals surface area contributed by atoms with Crippen molar-refractivity contribution in [2.45, 2.75) is 19.4 Å². The Kier molecular flexibility index (Phi) is 5.48. The number of benzene rings is 2. The summed E-state index contributed by atoms with van der Waals surface area (Å²) in [4.78, 5) is 30.4. The van der Waals surface area contributed by atoms with Gasteiger partial charge in [0.25, 0.3) is 5.91 Å². The van der Waals surface area contributed by atoms with Gasteiger partial charge >= 0.3 is 0 Å². The first-order valence-electron chi connectivity index (χ1n) is 9.84. The first kappa shape index (κ1) is 19.7. The molecule has 2 fully saturated rings. The molecule has 0 saturated carbocycles. The number of carbonyl (C=O) groups is 2. The molecule has 29 heavy (non-hydrogen) atoms. The van der Waals surface area contributed by atoms with Crippen LogP contribution in [-0.2, 0) is 9.59 Å². The molecule has 2 saturated heterocycles. The predicted octanol–water partition coefficient (Wildman–Crippen LogP) is 1.69. The van der Waals surface area contributed by atoms with Gasteiger partial charge in [-0.25, -0.2) is 4.90 Å². The minimum atomic E-state index is -0.319. The lowest BCUT2D eigenvalue weighted by Gasteiger charge is -2.35. The molecule has 7 heteroatoms. The molecule has 2 aromatic carbocycles. The van der Waals surface area contributed by atoms with Crippen molar-refractivity contribution in [3.8, 4) is 5.75 Å². The van der Waals surface area contributed by atoms with E-state index in [0.717, 1.165) is 43.2 Å². The number of ether oxygens (including phenoxy) is 1. The van der Waals surface area contributed by atoms with Crippen LogP contribution in [0.25, 0.3) is 0 Å². The van der Waals surface area contributed by atoms with E-state index in [4.69, 9.17) is 16.3 Å². The first-order chi connectivity index (χ1) is 14.0. The summed E-state index contributed by atoms with van der Waals surface area (Å²) in [6, 6.07) is 13.0. The van der Waals surface area contributed by atoms with Crippen molar-refractivity contribution in [2.24, 2.45) is 0 Å². The number of quaternary nitrogens is 1. The fraction of sp³-hybridized carbons (Fsp3) is 0.364. The molecular weight excluding hydrogens is 390 g/mol. The van der Waals surface area contributed by atoms with Crippen LogP contribution in [0.5, 0.6) is 5.75 Å². The second kappa shape index (κ2) is 8.05. The van der Waals surface area contributed by atoms with E-state index in [9.17, 15) is 9.59 Å². The maximum atomic E-state index is 13.0. The quantitative estimate of drug-likeness (QED) is 0.774.